The third kappa shape index (κ3) is 4.29. The molecule has 8 heteroatoms. The summed E-state index contributed by atoms with van der Waals surface area (Å²) in [5.74, 6) is 1.07. The highest BCUT2D eigenvalue weighted by Gasteiger charge is 2.34. The van der Waals surface area contributed by atoms with Gasteiger partial charge in [0.05, 0.1) is 50.5 Å². The van der Waals surface area contributed by atoms with E-state index in [9.17, 15) is 13.2 Å². The van der Waals surface area contributed by atoms with E-state index in [1.54, 1.807) is 7.11 Å². The van der Waals surface area contributed by atoms with Crippen LogP contribution in [0.5, 0.6) is 5.75 Å². The first kappa shape index (κ1) is 19.0. The molecule has 0 bridgehead atoms. The van der Waals surface area contributed by atoms with Gasteiger partial charge in [-0.05, 0) is 25.5 Å². The van der Waals surface area contributed by atoms with Crippen LogP contribution in [0, 0.1) is 0 Å². The quantitative estimate of drug-likeness (QED) is 0.689. The maximum absolute atomic E-state index is 12.5. The van der Waals surface area contributed by atoms with Gasteiger partial charge >= 0.3 is 0 Å². The first-order valence-electron chi connectivity index (χ1n) is 9.13. The van der Waals surface area contributed by atoms with E-state index in [0.717, 1.165) is 37.6 Å². The van der Waals surface area contributed by atoms with Crippen molar-refractivity contribution in [3.8, 4) is 5.75 Å². The van der Waals surface area contributed by atoms with Crippen molar-refractivity contribution in [3.05, 3.63) is 24.3 Å². The SMILES string of the molecule is COc1ccccc1N1CC[NH+]([C@H](C)C(=O)N[C@H]2CCS(=O)(=O)C2)CC1. The standard InChI is InChI=1S/C18H27N3O4S/c1-14(18(22)19-15-7-12-26(23,24)13-15)20-8-10-21(11-9-20)16-5-3-4-6-17(16)25-2/h3-6,14-15H,7-13H2,1-2H3,(H,19,22)/p+1/t14-,15+/m1/s1. The van der Waals surface area contributed by atoms with Crippen LogP contribution >= 0.6 is 0 Å². The maximum atomic E-state index is 12.5. The fourth-order valence-corrected chi connectivity index (χ4v) is 5.45. The Labute approximate surface area is 155 Å². The zero-order valence-corrected chi connectivity index (χ0v) is 16.2. The van der Waals surface area contributed by atoms with Crippen LogP contribution in [0.4, 0.5) is 5.69 Å². The van der Waals surface area contributed by atoms with Gasteiger partial charge in [-0.2, -0.15) is 0 Å². The predicted octanol–water partition coefficient (Wildman–Crippen LogP) is -0.908. The molecule has 1 amide bonds. The molecule has 0 unspecified atom stereocenters. The molecule has 2 aliphatic rings. The van der Waals surface area contributed by atoms with Crippen LogP contribution < -0.4 is 19.9 Å². The molecule has 0 spiro atoms. The number of hydrogen-bond acceptors (Lipinski definition) is 5. The van der Waals surface area contributed by atoms with Crippen LogP contribution in [0.3, 0.4) is 0 Å². The van der Waals surface area contributed by atoms with Crippen LogP contribution in [-0.2, 0) is 14.6 Å². The van der Waals surface area contributed by atoms with Gasteiger partial charge in [-0.1, -0.05) is 12.1 Å². The number of quaternary nitrogens is 1. The molecule has 0 aromatic heterocycles. The summed E-state index contributed by atoms with van der Waals surface area (Å²) in [5, 5.41) is 2.92. The highest BCUT2D eigenvalue weighted by atomic mass is 32.2. The molecule has 3 rings (SSSR count). The Bertz CT molecular complexity index is 745. The molecule has 0 saturated carbocycles. The molecule has 7 nitrogen and oxygen atoms in total. The van der Waals surface area contributed by atoms with Crippen molar-refractivity contribution in [3.63, 3.8) is 0 Å². The fourth-order valence-electron chi connectivity index (χ4n) is 3.78. The number of carbonyl (C=O) groups excluding carboxylic acids is 1. The minimum Gasteiger partial charge on any atom is -0.495 e. The molecule has 2 fully saturated rings. The Morgan fingerprint density at radius 1 is 1.31 bits per heavy atom. The zero-order chi connectivity index (χ0) is 18.7. The van der Waals surface area contributed by atoms with Crippen molar-refractivity contribution >= 4 is 21.4 Å². The summed E-state index contributed by atoms with van der Waals surface area (Å²) < 4.78 is 28.5. The number of hydrogen-bond donors (Lipinski definition) is 2. The van der Waals surface area contributed by atoms with Gasteiger partial charge in [-0.15, -0.1) is 0 Å². The Hall–Kier alpha value is -1.80. The molecule has 1 aromatic carbocycles. The van der Waals surface area contributed by atoms with E-state index >= 15 is 0 Å². The molecular formula is C18H28N3O4S+. The van der Waals surface area contributed by atoms with Crippen molar-refractivity contribution in [2.24, 2.45) is 0 Å². The van der Waals surface area contributed by atoms with Gasteiger partial charge in [0.15, 0.2) is 15.9 Å². The van der Waals surface area contributed by atoms with Gasteiger partial charge in [0.1, 0.15) is 5.75 Å². The first-order chi connectivity index (χ1) is 12.4. The largest absolute Gasteiger partial charge is 0.495 e. The highest BCUT2D eigenvalue weighted by Crippen LogP contribution is 2.27. The number of benzene rings is 1. The van der Waals surface area contributed by atoms with Gasteiger partial charge in [0.25, 0.3) is 5.91 Å². The summed E-state index contributed by atoms with van der Waals surface area (Å²) in [6, 6.07) is 7.56. The Balaban J connectivity index is 1.53. The lowest BCUT2D eigenvalue weighted by Gasteiger charge is -2.36. The van der Waals surface area contributed by atoms with Crippen LogP contribution in [0.1, 0.15) is 13.3 Å². The summed E-state index contributed by atoms with van der Waals surface area (Å²) in [4.78, 5) is 16.0. The minimum atomic E-state index is -2.98. The number of piperazine rings is 1. The predicted molar refractivity (Wildman–Crippen MR) is 101 cm³/mol. The fraction of sp³-hybridized carbons (Fsp3) is 0.611. The van der Waals surface area contributed by atoms with E-state index in [-0.39, 0.29) is 29.5 Å². The van der Waals surface area contributed by atoms with Crippen LogP contribution in [-0.4, -0.2) is 71.2 Å². The molecule has 2 N–H and O–H groups in total. The second-order valence-corrected chi connectivity index (χ2v) is 9.38. The zero-order valence-electron chi connectivity index (χ0n) is 15.4. The number of methoxy groups -OCH3 is 1. The van der Waals surface area contributed by atoms with E-state index in [1.165, 1.54) is 4.90 Å². The number of nitrogens with zero attached hydrogens (tertiary/aromatic N) is 1. The molecule has 144 valence electrons. The number of nitrogens with one attached hydrogen (secondary N) is 2. The molecule has 0 aliphatic carbocycles. The third-order valence-corrected chi connectivity index (χ3v) is 7.18. The Kier molecular flexibility index (Phi) is 5.72. The molecule has 1 aromatic rings. The lowest BCUT2D eigenvalue weighted by Crippen LogP contribution is -3.19. The summed E-state index contributed by atoms with van der Waals surface area (Å²) in [6.07, 6.45) is 0.526. The van der Waals surface area contributed by atoms with Crippen molar-refractivity contribution in [1.29, 1.82) is 0 Å². The number of sulfone groups is 1. The van der Waals surface area contributed by atoms with Gasteiger partial charge in [0.2, 0.25) is 0 Å². The number of anilines is 1. The number of amides is 1. The van der Waals surface area contributed by atoms with Crippen molar-refractivity contribution in [1.82, 2.24) is 5.32 Å². The molecule has 2 saturated heterocycles. The molecule has 2 atom stereocenters. The molecular weight excluding hydrogens is 354 g/mol. The molecule has 2 aliphatic heterocycles. The van der Waals surface area contributed by atoms with Gasteiger partial charge < -0.3 is 19.9 Å². The van der Waals surface area contributed by atoms with Gasteiger partial charge in [-0.25, -0.2) is 8.42 Å². The number of rotatable bonds is 5. The summed E-state index contributed by atoms with van der Waals surface area (Å²) in [5.41, 5.74) is 1.09. The van der Waals surface area contributed by atoms with E-state index in [1.807, 2.05) is 25.1 Å². The molecule has 26 heavy (non-hydrogen) atoms. The number of ether oxygens (including phenoxy) is 1. The molecule has 2 heterocycles. The maximum Gasteiger partial charge on any atom is 0.278 e. The Morgan fingerprint density at radius 2 is 2.00 bits per heavy atom. The monoisotopic (exact) mass is 382 g/mol. The summed E-state index contributed by atoms with van der Waals surface area (Å²) in [7, 11) is -1.30. The van der Waals surface area contributed by atoms with Crippen molar-refractivity contribution in [2.75, 3.05) is 49.7 Å². The average molecular weight is 383 g/mol. The van der Waals surface area contributed by atoms with E-state index in [0.29, 0.717) is 6.42 Å². The van der Waals surface area contributed by atoms with Crippen LogP contribution in [0.15, 0.2) is 24.3 Å². The smallest absolute Gasteiger partial charge is 0.278 e. The first-order valence-corrected chi connectivity index (χ1v) is 10.9. The van der Waals surface area contributed by atoms with Crippen molar-refractivity contribution in [2.45, 2.75) is 25.4 Å². The average Bonchev–Trinajstić information content (AvgIpc) is 2.99. The normalized spacial score (nSPS) is 24.2. The summed E-state index contributed by atoms with van der Waals surface area (Å²) in [6.45, 7) is 5.34. The van der Waals surface area contributed by atoms with Crippen LogP contribution in [0.25, 0.3) is 0 Å². The lowest BCUT2D eigenvalue weighted by atomic mass is 10.1. The number of para-hydroxylation sites is 2. The summed E-state index contributed by atoms with van der Waals surface area (Å²) >= 11 is 0. The van der Waals surface area contributed by atoms with E-state index in [2.05, 4.69) is 16.3 Å². The van der Waals surface area contributed by atoms with Crippen molar-refractivity contribution < 1.29 is 22.8 Å². The third-order valence-electron chi connectivity index (χ3n) is 5.42. The second kappa shape index (κ2) is 7.84. The minimum absolute atomic E-state index is 0.0483. The second-order valence-electron chi connectivity index (χ2n) is 7.15. The number of carbonyl (C=O) groups is 1. The van der Waals surface area contributed by atoms with Gasteiger partial charge in [0, 0.05) is 6.04 Å². The lowest BCUT2D eigenvalue weighted by molar-refractivity contribution is -0.914. The molecule has 0 radical (unpaired) electrons. The van der Waals surface area contributed by atoms with E-state index < -0.39 is 9.84 Å². The highest BCUT2D eigenvalue weighted by molar-refractivity contribution is 7.91. The Morgan fingerprint density at radius 3 is 2.62 bits per heavy atom. The van der Waals surface area contributed by atoms with Crippen LogP contribution in [0.2, 0.25) is 0 Å². The van der Waals surface area contributed by atoms with E-state index in [4.69, 9.17) is 4.74 Å². The topological polar surface area (TPSA) is 80.2 Å². The van der Waals surface area contributed by atoms with Gasteiger partial charge in [-0.3, -0.25) is 4.79 Å².